The predicted octanol–water partition coefficient (Wildman–Crippen LogP) is 12.2. The zero-order valence-electron chi connectivity index (χ0n) is 34.2. The Morgan fingerprint density at radius 2 is 0.869 bits per heavy atom. The van der Waals surface area contributed by atoms with Crippen LogP contribution in [0.1, 0.15) is 18.1 Å². The number of benzene rings is 7. The summed E-state index contributed by atoms with van der Waals surface area (Å²) in [5, 5.41) is 34.6. The van der Waals surface area contributed by atoms with E-state index in [1.807, 2.05) is 101 Å². The van der Waals surface area contributed by atoms with Crippen LogP contribution in [-0.4, -0.2) is 59.9 Å². The Morgan fingerprint density at radius 1 is 0.475 bits per heavy atom. The number of thioether (sulfide) groups is 2. The molecule has 2 N–H and O–H groups in total. The molecule has 0 spiro atoms. The van der Waals surface area contributed by atoms with Gasteiger partial charge in [-0.2, -0.15) is 10.2 Å². The number of anilines is 5. The van der Waals surface area contributed by atoms with Crippen LogP contribution in [-0.2, 0) is 0 Å². The Morgan fingerprint density at radius 3 is 1.31 bits per heavy atom. The average Bonchev–Trinajstić information content (AvgIpc) is 3.31. The number of rotatable bonds is 19. The van der Waals surface area contributed by atoms with E-state index in [9.17, 15) is 10.2 Å². The smallest absolute Gasteiger partial charge is 0.0830 e. The SMILES string of the molecule is CSc1ccc(Sc2ccc(SCC(O)CN(/N=C/c3ccc(N(c4ccccc4)c4ccc(/C=N/N(CC(C)O)c5ccccc5)cc4)cc3)c3ccccc3)cc2)cc1. The topological polar surface area (TPSA) is 74.9 Å². The normalized spacial score (nSPS) is 12.4. The van der Waals surface area contributed by atoms with Gasteiger partial charge in [0.05, 0.1) is 49.1 Å². The van der Waals surface area contributed by atoms with Gasteiger partial charge in [0.25, 0.3) is 0 Å². The van der Waals surface area contributed by atoms with Crippen molar-refractivity contribution >= 4 is 76.2 Å². The number of hydrogen-bond donors (Lipinski definition) is 2. The Hall–Kier alpha value is -5.75. The maximum atomic E-state index is 11.2. The monoisotopic (exact) mass is 859 g/mol. The lowest BCUT2D eigenvalue weighted by molar-refractivity contribution is 0.200. The zero-order valence-corrected chi connectivity index (χ0v) is 36.6. The third-order valence-electron chi connectivity index (χ3n) is 9.50. The number of hydrazone groups is 2. The second-order valence-corrected chi connectivity index (χ2v) is 17.4. The number of nitrogens with zero attached hydrogens (tertiary/aromatic N) is 5. The first-order chi connectivity index (χ1) is 29.9. The van der Waals surface area contributed by atoms with E-state index in [-0.39, 0.29) is 0 Å². The molecule has 0 saturated heterocycles. The van der Waals surface area contributed by atoms with Crippen molar-refractivity contribution in [3.8, 4) is 0 Å². The van der Waals surface area contributed by atoms with Crippen LogP contribution in [0.3, 0.4) is 0 Å². The Labute approximate surface area is 372 Å². The maximum absolute atomic E-state index is 11.2. The largest absolute Gasteiger partial charge is 0.391 e. The van der Waals surface area contributed by atoms with Crippen LogP contribution < -0.4 is 14.9 Å². The van der Waals surface area contributed by atoms with Gasteiger partial charge in [-0.1, -0.05) is 90.6 Å². The van der Waals surface area contributed by atoms with E-state index < -0.39 is 12.2 Å². The molecular weight excluding hydrogens is 811 g/mol. The van der Waals surface area contributed by atoms with E-state index in [4.69, 9.17) is 10.2 Å². The molecule has 61 heavy (non-hydrogen) atoms. The lowest BCUT2D eigenvalue weighted by Crippen LogP contribution is -2.30. The number of para-hydroxylation sites is 3. The van der Waals surface area contributed by atoms with Crippen LogP contribution in [0.5, 0.6) is 0 Å². The van der Waals surface area contributed by atoms with Crippen molar-refractivity contribution in [2.75, 3.05) is 40.0 Å². The summed E-state index contributed by atoms with van der Waals surface area (Å²) < 4.78 is 0. The molecule has 2 unspecified atom stereocenters. The highest BCUT2D eigenvalue weighted by atomic mass is 32.2. The van der Waals surface area contributed by atoms with Gasteiger partial charge in [0.1, 0.15) is 0 Å². The first kappa shape index (κ1) is 43.3. The van der Waals surface area contributed by atoms with E-state index >= 15 is 0 Å². The second-order valence-electron chi connectivity index (χ2n) is 14.2. The standard InChI is InChI=1S/C51H49N5O2S3/c1-39(57)36-54(42-12-6-3-7-13-42)52-34-40-18-22-45(23-19-40)56(44-16-10-5-11-17-44)46-24-20-41(21-25-46)35-53-55(43-14-8-4-9-15-43)37-47(58)38-60-49-28-32-51(33-29-49)61-50-30-26-48(59-2)27-31-50/h3-35,39,47,57-58H,36-38H2,1-2H3/b52-34+,53-35+. The summed E-state index contributed by atoms with van der Waals surface area (Å²) in [5.74, 6) is 0.536. The summed E-state index contributed by atoms with van der Waals surface area (Å²) >= 11 is 5.14. The fourth-order valence-electron chi connectivity index (χ4n) is 6.43. The van der Waals surface area contributed by atoms with Gasteiger partial charge >= 0.3 is 0 Å². The number of aliphatic hydroxyl groups excluding tert-OH is 2. The minimum Gasteiger partial charge on any atom is -0.391 e. The Bertz CT molecular complexity index is 2420. The summed E-state index contributed by atoms with van der Waals surface area (Å²) in [6, 6.07) is 63.9. The van der Waals surface area contributed by atoms with Gasteiger partial charge in [-0.05, 0) is 134 Å². The lowest BCUT2D eigenvalue weighted by Gasteiger charge is -2.25. The molecule has 7 aromatic carbocycles. The van der Waals surface area contributed by atoms with E-state index in [0.717, 1.165) is 44.5 Å². The van der Waals surface area contributed by atoms with Crippen LogP contribution in [0.25, 0.3) is 0 Å². The summed E-state index contributed by atoms with van der Waals surface area (Å²) in [4.78, 5) is 6.99. The highest BCUT2D eigenvalue weighted by Crippen LogP contribution is 2.35. The first-order valence-electron chi connectivity index (χ1n) is 20.1. The minimum absolute atomic E-state index is 0.346. The third kappa shape index (κ3) is 12.9. The minimum atomic E-state index is -0.613. The van der Waals surface area contributed by atoms with Gasteiger partial charge in [-0.3, -0.25) is 10.0 Å². The zero-order chi connectivity index (χ0) is 42.2. The predicted molar refractivity (Wildman–Crippen MR) is 261 cm³/mol. The molecule has 0 heterocycles. The fraction of sp³-hybridized carbons (Fsp3) is 0.137. The molecule has 7 nitrogen and oxygen atoms in total. The number of aliphatic hydroxyl groups is 2. The highest BCUT2D eigenvalue weighted by Gasteiger charge is 2.15. The average molecular weight is 860 g/mol. The van der Waals surface area contributed by atoms with Crippen LogP contribution >= 0.6 is 35.3 Å². The summed E-state index contributed by atoms with van der Waals surface area (Å²) in [6.45, 7) is 2.49. The molecule has 0 radical (unpaired) electrons. The molecule has 2 atom stereocenters. The molecule has 0 saturated carbocycles. The van der Waals surface area contributed by atoms with Gasteiger partial charge in [0, 0.05) is 42.4 Å². The van der Waals surface area contributed by atoms with Crippen molar-refractivity contribution in [2.45, 2.75) is 38.7 Å². The maximum Gasteiger partial charge on any atom is 0.0830 e. The van der Waals surface area contributed by atoms with Crippen LogP contribution in [0.4, 0.5) is 28.4 Å². The van der Waals surface area contributed by atoms with Crippen LogP contribution in [0.15, 0.2) is 218 Å². The van der Waals surface area contributed by atoms with E-state index in [1.165, 1.54) is 14.7 Å². The molecular formula is C51H49N5O2S3. The fourth-order valence-corrected chi connectivity index (χ4v) is 8.48. The van der Waals surface area contributed by atoms with Crippen molar-refractivity contribution in [3.05, 3.63) is 199 Å². The summed E-state index contributed by atoms with van der Waals surface area (Å²) in [5.41, 5.74) is 6.74. The molecule has 0 fully saturated rings. The van der Waals surface area contributed by atoms with Gasteiger partial charge in [0.15, 0.2) is 0 Å². The molecule has 0 aromatic heterocycles. The quantitative estimate of drug-likeness (QED) is 0.0473. The van der Waals surface area contributed by atoms with Crippen molar-refractivity contribution in [2.24, 2.45) is 10.2 Å². The molecule has 0 aliphatic carbocycles. The number of hydrogen-bond acceptors (Lipinski definition) is 10. The molecule has 0 aliphatic heterocycles. The molecule has 308 valence electrons. The van der Waals surface area contributed by atoms with Gasteiger partial charge in [0.2, 0.25) is 0 Å². The van der Waals surface area contributed by atoms with E-state index in [0.29, 0.717) is 18.8 Å². The Kier molecular flexibility index (Phi) is 15.8. The molecule has 0 amide bonds. The molecule has 7 rings (SSSR count). The molecule has 10 heteroatoms. The molecule has 0 bridgehead atoms. The van der Waals surface area contributed by atoms with Gasteiger partial charge < -0.3 is 15.1 Å². The van der Waals surface area contributed by atoms with Gasteiger partial charge in [-0.15, -0.1) is 23.5 Å². The van der Waals surface area contributed by atoms with E-state index in [2.05, 4.69) is 120 Å². The van der Waals surface area contributed by atoms with Gasteiger partial charge in [-0.25, -0.2) is 0 Å². The van der Waals surface area contributed by atoms with E-state index in [1.54, 1.807) is 42.2 Å². The van der Waals surface area contributed by atoms with Crippen LogP contribution in [0.2, 0.25) is 0 Å². The van der Waals surface area contributed by atoms with Crippen LogP contribution in [0, 0.1) is 0 Å². The summed E-state index contributed by atoms with van der Waals surface area (Å²) in [7, 11) is 0. The van der Waals surface area contributed by atoms with Crippen molar-refractivity contribution in [1.29, 1.82) is 0 Å². The lowest BCUT2D eigenvalue weighted by atomic mass is 10.1. The Balaban J connectivity index is 1.01. The third-order valence-corrected chi connectivity index (χ3v) is 12.4. The highest BCUT2D eigenvalue weighted by molar-refractivity contribution is 8.00. The second kappa shape index (κ2) is 22.2. The van der Waals surface area contributed by atoms with Crippen molar-refractivity contribution < 1.29 is 10.2 Å². The van der Waals surface area contributed by atoms with Crippen molar-refractivity contribution in [1.82, 2.24) is 0 Å². The molecule has 7 aromatic rings. The molecule has 0 aliphatic rings. The first-order valence-corrected chi connectivity index (χ1v) is 23.1. The van der Waals surface area contributed by atoms with Crippen molar-refractivity contribution in [3.63, 3.8) is 0 Å². The summed E-state index contributed by atoms with van der Waals surface area (Å²) in [6.07, 6.45) is 4.61.